The van der Waals surface area contributed by atoms with Crippen LogP contribution in [0.1, 0.15) is 25.5 Å². The summed E-state index contributed by atoms with van der Waals surface area (Å²) in [6, 6.07) is 1.72. The molecule has 0 aliphatic carbocycles. The van der Waals surface area contributed by atoms with Gasteiger partial charge in [0, 0.05) is 26.3 Å². The van der Waals surface area contributed by atoms with Gasteiger partial charge in [-0.1, -0.05) is 13.3 Å². The molecule has 2 amide bonds. The minimum atomic E-state index is -0.140. The fraction of sp³-hybridized carbons (Fsp3) is 0.667. The van der Waals surface area contributed by atoms with E-state index < -0.39 is 0 Å². The highest BCUT2D eigenvalue weighted by Crippen LogP contribution is 1.99. The largest absolute Gasteiger partial charge is 0.395 e. The number of aliphatic hydroxyl groups is 1. The van der Waals surface area contributed by atoms with Crippen LogP contribution in [0, 0.1) is 0 Å². The molecule has 1 aromatic heterocycles. The quantitative estimate of drug-likeness (QED) is 0.753. The lowest BCUT2D eigenvalue weighted by molar-refractivity contribution is 0.175. The molecule has 18 heavy (non-hydrogen) atoms. The van der Waals surface area contributed by atoms with Crippen molar-refractivity contribution in [3.05, 3.63) is 18.0 Å². The van der Waals surface area contributed by atoms with Crippen molar-refractivity contribution in [3.63, 3.8) is 0 Å². The van der Waals surface area contributed by atoms with Crippen LogP contribution in [-0.4, -0.2) is 45.5 Å². The molecule has 6 nitrogen and oxygen atoms in total. The highest BCUT2D eigenvalue weighted by Gasteiger charge is 2.12. The maximum absolute atomic E-state index is 11.9. The first-order chi connectivity index (χ1) is 8.69. The van der Waals surface area contributed by atoms with Crippen molar-refractivity contribution in [1.29, 1.82) is 0 Å². The number of hydrogen-bond acceptors (Lipinski definition) is 3. The van der Waals surface area contributed by atoms with Crippen LogP contribution >= 0.6 is 0 Å². The zero-order valence-corrected chi connectivity index (χ0v) is 11.1. The summed E-state index contributed by atoms with van der Waals surface area (Å²) in [5, 5.41) is 15.8. The van der Waals surface area contributed by atoms with Crippen molar-refractivity contribution in [3.8, 4) is 0 Å². The fourth-order valence-corrected chi connectivity index (χ4v) is 1.64. The van der Waals surface area contributed by atoms with E-state index >= 15 is 0 Å². The second kappa shape index (κ2) is 7.71. The molecule has 0 unspecified atom stereocenters. The van der Waals surface area contributed by atoms with E-state index in [1.54, 1.807) is 15.8 Å². The molecule has 0 radical (unpaired) electrons. The van der Waals surface area contributed by atoms with Crippen LogP contribution in [0.15, 0.2) is 12.3 Å². The van der Waals surface area contributed by atoms with Gasteiger partial charge in [-0.15, -0.1) is 0 Å². The zero-order chi connectivity index (χ0) is 13.4. The Labute approximate surface area is 108 Å². The van der Waals surface area contributed by atoms with Gasteiger partial charge in [-0.05, 0) is 12.5 Å². The van der Waals surface area contributed by atoms with Crippen molar-refractivity contribution in [2.45, 2.75) is 26.3 Å². The van der Waals surface area contributed by atoms with Crippen molar-refractivity contribution >= 4 is 6.03 Å². The van der Waals surface area contributed by atoms with Crippen molar-refractivity contribution in [1.82, 2.24) is 20.0 Å². The Balaban J connectivity index is 2.43. The first-order valence-corrected chi connectivity index (χ1v) is 6.29. The molecule has 0 aliphatic heterocycles. The number of amides is 2. The lowest BCUT2D eigenvalue weighted by Gasteiger charge is -2.21. The van der Waals surface area contributed by atoms with Crippen LogP contribution in [-0.2, 0) is 13.6 Å². The number of carbonyl (C=O) groups excluding carboxylic acids is 1. The highest BCUT2D eigenvalue weighted by molar-refractivity contribution is 5.74. The molecule has 1 rings (SSSR count). The molecular weight excluding hydrogens is 232 g/mol. The monoisotopic (exact) mass is 254 g/mol. The summed E-state index contributed by atoms with van der Waals surface area (Å²) in [5.41, 5.74) is 0.947. The number of hydrogen-bond donors (Lipinski definition) is 2. The lowest BCUT2D eigenvalue weighted by Crippen LogP contribution is -2.41. The summed E-state index contributed by atoms with van der Waals surface area (Å²) in [6.07, 6.45) is 3.67. The summed E-state index contributed by atoms with van der Waals surface area (Å²) in [7, 11) is 1.84. The molecule has 0 saturated heterocycles. The second-order valence-corrected chi connectivity index (χ2v) is 4.17. The van der Waals surface area contributed by atoms with Crippen molar-refractivity contribution in [2.24, 2.45) is 7.05 Å². The Morgan fingerprint density at radius 3 is 2.89 bits per heavy atom. The van der Waals surface area contributed by atoms with E-state index in [1.807, 2.05) is 13.1 Å². The van der Waals surface area contributed by atoms with E-state index in [0.29, 0.717) is 19.6 Å². The molecule has 0 fully saturated rings. The van der Waals surface area contributed by atoms with Crippen LogP contribution in [0.5, 0.6) is 0 Å². The average Bonchev–Trinajstić information content (AvgIpc) is 2.77. The van der Waals surface area contributed by atoms with Crippen LogP contribution < -0.4 is 5.32 Å². The molecule has 2 N–H and O–H groups in total. The first kappa shape index (κ1) is 14.5. The Hall–Kier alpha value is -1.56. The topological polar surface area (TPSA) is 70.4 Å². The van der Waals surface area contributed by atoms with Gasteiger partial charge in [0.25, 0.3) is 0 Å². The number of nitrogens with zero attached hydrogens (tertiary/aromatic N) is 3. The van der Waals surface area contributed by atoms with E-state index in [2.05, 4.69) is 17.3 Å². The minimum Gasteiger partial charge on any atom is -0.395 e. The summed E-state index contributed by atoms with van der Waals surface area (Å²) < 4.78 is 1.72. The molecule has 0 aromatic carbocycles. The molecule has 0 atom stereocenters. The van der Waals surface area contributed by atoms with E-state index in [9.17, 15) is 4.79 Å². The third-order valence-electron chi connectivity index (χ3n) is 2.78. The Morgan fingerprint density at radius 2 is 2.33 bits per heavy atom. The number of unbranched alkanes of at least 4 members (excludes halogenated alkanes) is 1. The summed E-state index contributed by atoms with van der Waals surface area (Å²) in [4.78, 5) is 13.6. The molecule has 0 spiro atoms. The van der Waals surface area contributed by atoms with Crippen molar-refractivity contribution < 1.29 is 9.90 Å². The number of nitrogens with one attached hydrogen (secondary N) is 1. The van der Waals surface area contributed by atoms with E-state index in [0.717, 1.165) is 18.5 Å². The number of carbonyl (C=O) groups is 1. The molecule has 0 saturated carbocycles. The van der Waals surface area contributed by atoms with E-state index in [4.69, 9.17) is 5.11 Å². The summed E-state index contributed by atoms with van der Waals surface area (Å²) in [6.45, 7) is 3.56. The van der Waals surface area contributed by atoms with Gasteiger partial charge in [0.15, 0.2) is 0 Å². The molecule has 0 bridgehead atoms. The maximum atomic E-state index is 11.9. The number of urea groups is 1. The summed E-state index contributed by atoms with van der Waals surface area (Å²) >= 11 is 0. The zero-order valence-electron chi connectivity index (χ0n) is 11.1. The predicted molar refractivity (Wildman–Crippen MR) is 69.0 cm³/mol. The molecule has 102 valence electrons. The maximum Gasteiger partial charge on any atom is 0.317 e. The summed E-state index contributed by atoms with van der Waals surface area (Å²) in [5.74, 6) is 0. The smallest absolute Gasteiger partial charge is 0.317 e. The number of aliphatic hydroxyl groups excluding tert-OH is 1. The Bertz CT molecular complexity index is 365. The standard InChI is InChI=1S/C12H22N4O2/c1-3-4-7-16(8-9-17)12(18)13-10-11-5-6-14-15(11)2/h5-6,17H,3-4,7-10H2,1-2H3,(H,13,18). The molecule has 6 heteroatoms. The van der Waals surface area contributed by atoms with Crippen LogP contribution in [0.4, 0.5) is 4.79 Å². The van der Waals surface area contributed by atoms with Crippen LogP contribution in [0.25, 0.3) is 0 Å². The Morgan fingerprint density at radius 1 is 1.56 bits per heavy atom. The van der Waals surface area contributed by atoms with Crippen molar-refractivity contribution in [2.75, 3.05) is 19.7 Å². The van der Waals surface area contributed by atoms with Gasteiger partial charge in [-0.2, -0.15) is 5.10 Å². The van der Waals surface area contributed by atoms with Gasteiger partial charge in [0.05, 0.1) is 18.8 Å². The van der Waals surface area contributed by atoms with E-state index in [-0.39, 0.29) is 12.6 Å². The van der Waals surface area contributed by atoms with Gasteiger partial charge >= 0.3 is 6.03 Å². The Kier molecular flexibility index (Phi) is 6.21. The van der Waals surface area contributed by atoms with Crippen LogP contribution in [0.3, 0.4) is 0 Å². The molecular formula is C12H22N4O2. The lowest BCUT2D eigenvalue weighted by atomic mass is 10.3. The van der Waals surface area contributed by atoms with E-state index in [1.165, 1.54) is 0 Å². The number of aryl methyl sites for hydroxylation is 1. The molecule has 0 aliphatic rings. The number of aromatic nitrogens is 2. The molecule has 1 aromatic rings. The van der Waals surface area contributed by atoms with Gasteiger partial charge in [-0.25, -0.2) is 4.79 Å². The van der Waals surface area contributed by atoms with Gasteiger partial charge in [0.2, 0.25) is 0 Å². The second-order valence-electron chi connectivity index (χ2n) is 4.17. The first-order valence-electron chi connectivity index (χ1n) is 6.29. The minimum absolute atomic E-state index is 0.0111. The normalized spacial score (nSPS) is 10.4. The molecule has 1 heterocycles. The SMILES string of the molecule is CCCCN(CCO)C(=O)NCc1ccnn1C. The fourth-order valence-electron chi connectivity index (χ4n) is 1.64. The van der Waals surface area contributed by atoms with Crippen LogP contribution in [0.2, 0.25) is 0 Å². The average molecular weight is 254 g/mol. The number of rotatable bonds is 7. The van der Waals surface area contributed by atoms with Gasteiger partial charge < -0.3 is 15.3 Å². The third kappa shape index (κ3) is 4.37. The highest BCUT2D eigenvalue weighted by atomic mass is 16.3. The van der Waals surface area contributed by atoms with Gasteiger partial charge in [-0.3, -0.25) is 4.68 Å². The predicted octanol–water partition coefficient (Wildman–Crippen LogP) is 0.724. The third-order valence-corrected chi connectivity index (χ3v) is 2.78. The van der Waals surface area contributed by atoms with Gasteiger partial charge in [0.1, 0.15) is 0 Å².